The smallest absolute Gasteiger partial charge is 0.354 e. The molecule has 0 fully saturated rings. The van der Waals surface area contributed by atoms with Crippen LogP contribution in [0.5, 0.6) is 0 Å². The van der Waals surface area contributed by atoms with Crippen LogP contribution in [0.1, 0.15) is 28.0 Å². The molecule has 0 radical (unpaired) electrons. The van der Waals surface area contributed by atoms with Gasteiger partial charge in [-0.1, -0.05) is 65.4 Å². The van der Waals surface area contributed by atoms with Crippen LogP contribution in [-0.2, 0) is 0 Å². The number of H-pyrrole nitrogens is 1. The fourth-order valence-corrected chi connectivity index (χ4v) is 3.93. The molecule has 160 valence electrons. The minimum absolute atomic E-state index is 0.0745. The molecule has 1 aliphatic rings. The lowest BCUT2D eigenvalue weighted by atomic mass is 9.98. The Kier molecular flexibility index (Phi) is 5.17. The number of hydrogen-bond donors (Lipinski definition) is 3. The Morgan fingerprint density at radius 2 is 1.75 bits per heavy atom. The molecule has 7 heteroatoms. The zero-order chi connectivity index (χ0) is 22.1. The number of carboxylic acid groups (broad SMARTS) is 1. The van der Waals surface area contributed by atoms with Gasteiger partial charge in [0.1, 0.15) is 5.69 Å². The van der Waals surface area contributed by atoms with Crippen LogP contribution < -0.4 is 5.32 Å². The number of aryl methyl sites for hydroxylation is 1. The molecule has 3 heterocycles. The lowest BCUT2D eigenvalue weighted by molar-refractivity contribution is 0.0691. The number of carboxylic acids is 1. The van der Waals surface area contributed by atoms with Crippen LogP contribution in [0.15, 0.2) is 66.9 Å². The number of rotatable bonds is 5. The van der Waals surface area contributed by atoms with E-state index in [0.29, 0.717) is 11.4 Å². The van der Waals surface area contributed by atoms with Crippen molar-refractivity contribution in [1.82, 2.24) is 25.3 Å². The average molecular weight is 425 g/mol. The molecular formula is C25H23N5O2. The van der Waals surface area contributed by atoms with Gasteiger partial charge in [0, 0.05) is 17.8 Å². The van der Waals surface area contributed by atoms with Crippen LogP contribution >= 0.6 is 0 Å². The third kappa shape index (κ3) is 3.86. The highest BCUT2D eigenvalue weighted by Crippen LogP contribution is 2.28. The summed E-state index contributed by atoms with van der Waals surface area (Å²) in [6.45, 7) is 3.90. The summed E-state index contributed by atoms with van der Waals surface area (Å²) in [5.74, 6) is -1.05. The predicted octanol–water partition coefficient (Wildman–Crippen LogP) is 4.31. The molecule has 4 aromatic rings. The number of aromatic carboxylic acids is 1. The van der Waals surface area contributed by atoms with Crippen molar-refractivity contribution in [3.05, 3.63) is 83.7 Å². The minimum atomic E-state index is -1.05. The van der Waals surface area contributed by atoms with Crippen LogP contribution in [-0.4, -0.2) is 44.1 Å². The van der Waals surface area contributed by atoms with Gasteiger partial charge in [0.05, 0.1) is 11.9 Å². The molecule has 0 amide bonds. The normalized spacial score (nSPS) is 13.7. The highest BCUT2D eigenvalue weighted by molar-refractivity contribution is 5.92. The lowest BCUT2D eigenvalue weighted by Gasteiger charge is -2.14. The van der Waals surface area contributed by atoms with Gasteiger partial charge in [0.2, 0.25) is 0 Å². The van der Waals surface area contributed by atoms with E-state index < -0.39 is 5.97 Å². The quantitative estimate of drug-likeness (QED) is 0.443. The molecule has 0 saturated carbocycles. The number of benzene rings is 2. The molecule has 0 aliphatic carbocycles. The first-order valence-electron chi connectivity index (χ1n) is 10.5. The molecular weight excluding hydrogens is 402 g/mol. The van der Waals surface area contributed by atoms with Gasteiger partial charge in [-0.05, 0) is 42.7 Å². The summed E-state index contributed by atoms with van der Waals surface area (Å²) in [5, 5.41) is 21.5. The van der Waals surface area contributed by atoms with Crippen LogP contribution in [0, 0.1) is 6.92 Å². The zero-order valence-corrected chi connectivity index (χ0v) is 17.7. The molecule has 2 aromatic heterocycles. The van der Waals surface area contributed by atoms with Crippen molar-refractivity contribution in [2.75, 3.05) is 13.1 Å². The Morgan fingerprint density at radius 1 is 1.03 bits per heavy atom. The van der Waals surface area contributed by atoms with Crippen molar-refractivity contribution >= 4 is 11.5 Å². The van der Waals surface area contributed by atoms with E-state index in [2.05, 4.69) is 38.8 Å². The fourth-order valence-electron chi connectivity index (χ4n) is 3.93. The van der Waals surface area contributed by atoms with Crippen LogP contribution in [0.25, 0.3) is 33.8 Å². The Labute approximate surface area is 185 Å². The second kappa shape index (κ2) is 8.28. The first-order valence-corrected chi connectivity index (χ1v) is 10.5. The van der Waals surface area contributed by atoms with Crippen molar-refractivity contribution in [3.8, 4) is 28.2 Å². The first kappa shape index (κ1) is 20.0. The molecule has 0 saturated heterocycles. The summed E-state index contributed by atoms with van der Waals surface area (Å²) >= 11 is 0. The second-order valence-corrected chi connectivity index (χ2v) is 7.92. The van der Waals surface area contributed by atoms with E-state index in [1.807, 2.05) is 43.3 Å². The topological polar surface area (TPSA) is 95.8 Å². The largest absolute Gasteiger partial charge is 0.477 e. The number of nitrogens with zero attached hydrogens (tertiary/aromatic N) is 3. The molecule has 32 heavy (non-hydrogen) atoms. The molecule has 0 unspecified atom stereocenters. The van der Waals surface area contributed by atoms with Gasteiger partial charge in [0.25, 0.3) is 0 Å². The zero-order valence-electron chi connectivity index (χ0n) is 17.7. The Bertz CT molecular complexity index is 1300. The van der Waals surface area contributed by atoms with Crippen molar-refractivity contribution in [2.45, 2.75) is 13.3 Å². The van der Waals surface area contributed by atoms with E-state index in [1.165, 1.54) is 15.8 Å². The predicted molar refractivity (Wildman–Crippen MR) is 124 cm³/mol. The van der Waals surface area contributed by atoms with Crippen LogP contribution in [0.4, 0.5) is 0 Å². The number of aromatic amines is 1. The number of hydrogen-bond acceptors (Lipinski definition) is 4. The molecule has 0 bridgehead atoms. The van der Waals surface area contributed by atoms with Gasteiger partial charge in [-0.3, -0.25) is 0 Å². The van der Waals surface area contributed by atoms with Gasteiger partial charge >= 0.3 is 5.97 Å². The van der Waals surface area contributed by atoms with Crippen LogP contribution in [0.2, 0.25) is 0 Å². The van der Waals surface area contributed by atoms with E-state index in [9.17, 15) is 9.90 Å². The summed E-state index contributed by atoms with van der Waals surface area (Å²) in [6.07, 6.45) is 4.96. The second-order valence-electron chi connectivity index (χ2n) is 7.92. The Morgan fingerprint density at radius 3 is 2.44 bits per heavy atom. The monoisotopic (exact) mass is 425 g/mol. The first-order chi connectivity index (χ1) is 15.6. The van der Waals surface area contributed by atoms with Crippen molar-refractivity contribution in [2.24, 2.45) is 0 Å². The van der Waals surface area contributed by atoms with Gasteiger partial charge in [-0.2, -0.15) is 0 Å². The lowest BCUT2D eigenvalue weighted by Crippen LogP contribution is -2.19. The molecule has 7 nitrogen and oxygen atoms in total. The Hall–Kier alpha value is -3.97. The SMILES string of the molecule is Cc1ccc(-c2cn(-c3cc(-c4ccc(C5=CCNCC5)cc4)[nH]c3C(=O)O)nn2)cc1. The standard InChI is InChI=1S/C25H23N5O2/c1-16-2-4-20(5-3-16)22-15-30(29-28-22)23-14-21(27-24(23)25(31)32)19-8-6-17(7-9-19)18-10-12-26-13-11-18/h2-10,14-15,26-27H,11-13H2,1H3,(H,31,32). The molecule has 0 atom stereocenters. The summed E-state index contributed by atoms with van der Waals surface area (Å²) in [4.78, 5) is 14.9. The van der Waals surface area contributed by atoms with Crippen LogP contribution in [0.3, 0.4) is 0 Å². The molecule has 1 aliphatic heterocycles. The maximum Gasteiger partial charge on any atom is 0.354 e. The number of nitrogens with one attached hydrogen (secondary N) is 2. The molecule has 2 aromatic carbocycles. The number of aromatic nitrogens is 4. The maximum absolute atomic E-state index is 11.9. The third-order valence-electron chi connectivity index (χ3n) is 5.73. The van der Waals surface area contributed by atoms with Gasteiger partial charge < -0.3 is 15.4 Å². The molecule has 5 rings (SSSR count). The van der Waals surface area contributed by atoms with E-state index in [-0.39, 0.29) is 5.69 Å². The molecule has 0 spiro atoms. The Balaban J connectivity index is 1.47. The minimum Gasteiger partial charge on any atom is -0.477 e. The van der Waals surface area contributed by atoms with E-state index in [0.717, 1.165) is 41.9 Å². The highest BCUT2D eigenvalue weighted by atomic mass is 16.4. The van der Waals surface area contributed by atoms with Gasteiger partial charge in [0.15, 0.2) is 5.69 Å². The maximum atomic E-state index is 11.9. The van der Waals surface area contributed by atoms with E-state index in [1.54, 1.807) is 12.3 Å². The van der Waals surface area contributed by atoms with Crippen molar-refractivity contribution in [1.29, 1.82) is 0 Å². The summed E-state index contributed by atoms with van der Waals surface area (Å²) in [6, 6.07) is 18.0. The highest BCUT2D eigenvalue weighted by Gasteiger charge is 2.19. The van der Waals surface area contributed by atoms with E-state index >= 15 is 0 Å². The average Bonchev–Trinajstić information content (AvgIpc) is 3.48. The van der Waals surface area contributed by atoms with Gasteiger partial charge in [-0.25, -0.2) is 9.48 Å². The fraction of sp³-hybridized carbons (Fsp3) is 0.160. The van der Waals surface area contributed by atoms with Gasteiger partial charge in [-0.15, -0.1) is 5.10 Å². The molecule has 3 N–H and O–H groups in total. The van der Waals surface area contributed by atoms with Crippen molar-refractivity contribution in [3.63, 3.8) is 0 Å². The van der Waals surface area contributed by atoms with Crippen molar-refractivity contribution < 1.29 is 9.90 Å². The summed E-state index contributed by atoms with van der Waals surface area (Å²) in [5.41, 5.74) is 7.45. The summed E-state index contributed by atoms with van der Waals surface area (Å²) < 4.78 is 1.51. The number of carbonyl (C=O) groups is 1. The third-order valence-corrected chi connectivity index (χ3v) is 5.73. The summed E-state index contributed by atoms with van der Waals surface area (Å²) in [7, 11) is 0. The van der Waals surface area contributed by atoms with E-state index in [4.69, 9.17) is 0 Å².